The van der Waals surface area contributed by atoms with Crippen molar-refractivity contribution in [3.05, 3.63) is 36.4 Å². The minimum absolute atomic E-state index is 1.01. The Morgan fingerprint density at radius 2 is 1.89 bits per heavy atom. The number of hydrogen-bond donors (Lipinski definition) is 0. The molecule has 0 saturated carbocycles. The van der Waals surface area contributed by atoms with Crippen molar-refractivity contribution >= 4 is 28.5 Å². The second-order valence-electron chi connectivity index (χ2n) is 5.25. The van der Waals surface area contributed by atoms with Crippen LogP contribution < -0.4 is 4.90 Å². The molecule has 2 aromatic carbocycles. The van der Waals surface area contributed by atoms with Gasteiger partial charge in [0.15, 0.2) is 0 Å². The van der Waals surface area contributed by atoms with Crippen LogP contribution >= 0.6 is 0 Å². The van der Waals surface area contributed by atoms with Crippen LogP contribution in [0.5, 0.6) is 0 Å². The Hall–Kier alpha value is -1.87. The molecule has 19 heavy (non-hydrogen) atoms. The lowest BCUT2D eigenvalue weighted by atomic mass is 10.1. The average molecular weight is 253 g/mol. The topological polar surface area (TPSA) is 18.8 Å². The first-order valence-corrected chi connectivity index (χ1v) is 6.73. The van der Waals surface area contributed by atoms with Crippen LogP contribution in [0.1, 0.15) is 6.42 Å². The zero-order valence-corrected chi connectivity index (χ0v) is 11.5. The zero-order valence-electron chi connectivity index (χ0n) is 11.5. The Morgan fingerprint density at radius 3 is 2.68 bits per heavy atom. The molecular weight excluding hydrogens is 234 g/mol. The first kappa shape index (κ1) is 12.2. The lowest BCUT2D eigenvalue weighted by molar-refractivity contribution is 0.403. The molecule has 0 unspecified atom stereocenters. The van der Waals surface area contributed by atoms with Crippen molar-refractivity contribution < 1.29 is 0 Å². The zero-order chi connectivity index (χ0) is 13.2. The molecule has 0 N–H and O–H groups in total. The highest BCUT2D eigenvalue weighted by atomic mass is 15.2. The highest BCUT2D eigenvalue weighted by Crippen LogP contribution is 2.36. The summed E-state index contributed by atoms with van der Waals surface area (Å²) in [5.74, 6) is 0. The number of nitrogens with zero attached hydrogens (tertiary/aromatic N) is 3. The largest absolute Gasteiger partial charge is 0.332 e. The monoisotopic (exact) mass is 253 g/mol. The maximum absolute atomic E-state index is 4.58. The Morgan fingerprint density at radius 1 is 1.11 bits per heavy atom. The molecule has 0 spiro atoms. The van der Waals surface area contributed by atoms with Crippen LogP contribution in [-0.2, 0) is 0 Å². The molecule has 3 rings (SSSR count). The summed E-state index contributed by atoms with van der Waals surface area (Å²) in [7, 11) is 4.22. The van der Waals surface area contributed by atoms with E-state index in [1.165, 1.54) is 16.5 Å². The van der Waals surface area contributed by atoms with Gasteiger partial charge in [-0.25, -0.2) is 4.99 Å². The molecule has 1 aliphatic rings. The number of benzene rings is 2. The van der Waals surface area contributed by atoms with Crippen LogP contribution in [0.3, 0.4) is 0 Å². The van der Waals surface area contributed by atoms with Gasteiger partial charge in [0.05, 0.1) is 17.7 Å². The minimum atomic E-state index is 1.01. The van der Waals surface area contributed by atoms with Crippen LogP contribution in [0.15, 0.2) is 41.4 Å². The fourth-order valence-electron chi connectivity index (χ4n) is 2.58. The molecule has 3 nitrogen and oxygen atoms in total. The van der Waals surface area contributed by atoms with Crippen LogP contribution in [0.4, 0.5) is 11.4 Å². The van der Waals surface area contributed by atoms with E-state index in [1.807, 2.05) is 6.34 Å². The summed E-state index contributed by atoms with van der Waals surface area (Å²) in [6, 6.07) is 12.8. The number of anilines is 1. The molecule has 1 aliphatic heterocycles. The third-order valence-corrected chi connectivity index (χ3v) is 3.51. The molecule has 1 heterocycles. The molecule has 98 valence electrons. The number of hydrogen-bond acceptors (Lipinski definition) is 3. The average Bonchev–Trinajstić information content (AvgIpc) is 2.41. The van der Waals surface area contributed by atoms with E-state index in [2.05, 4.69) is 65.3 Å². The standard InChI is InChI=1S/C16H19N3/c1-18(2)10-5-11-19-12-17-14-8-3-6-13-7-4-9-15(19)16(13)14/h3-4,6-9,12H,5,10-11H2,1-2H3. The van der Waals surface area contributed by atoms with Gasteiger partial charge in [-0.1, -0.05) is 24.3 Å². The van der Waals surface area contributed by atoms with Gasteiger partial charge < -0.3 is 9.80 Å². The van der Waals surface area contributed by atoms with Gasteiger partial charge in [-0.15, -0.1) is 0 Å². The highest BCUT2D eigenvalue weighted by molar-refractivity contribution is 6.09. The van der Waals surface area contributed by atoms with Gasteiger partial charge >= 0.3 is 0 Å². The second-order valence-corrected chi connectivity index (χ2v) is 5.25. The molecule has 0 atom stereocenters. The molecule has 0 saturated heterocycles. The van der Waals surface area contributed by atoms with Crippen molar-refractivity contribution in [3.63, 3.8) is 0 Å². The van der Waals surface area contributed by atoms with Crippen molar-refractivity contribution in [2.24, 2.45) is 4.99 Å². The van der Waals surface area contributed by atoms with E-state index in [4.69, 9.17) is 0 Å². The summed E-state index contributed by atoms with van der Waals surface area (Å²) >= 11 is 0. The summed E-state index contributed by atoms with van der Waals surface area (Å²) < 4.78 is 0. The molecule has 0 radical (unpaired) electrons. The van der Waals surface area contributed by atoms with Gasteiger partial charge in [-0.2, -0.15) is 0 Å². The predicted molar refractivity (Wildman–Crippen MR) is 82.6 cm³/mol. The number of aliphatic imine (C=N–C) groups is 1. The maximum Gasteiger partial charge on any atom is 0.0957 e. The van der Waals surface area contributed by atoms with Crippen LogP contribution in [0, 0.1) is 0 Å². The lowest BCUT2D eigenvalue weighted by Gasteiger charge is -2.26. The smallest absolute Gasteiger partial charge is 0.0957 e. The van der Waals surface area contributed by atoms with E-state index in [0.29, 0.717) is 0 Å². The van der Waals surface area contributed by atoms with Crippen LogP contribution in [-0.4, -0.2) is 38.4 Å². The van der Waals surface area contributed by atoms with E-state index in [9.17, 15) is 0 Å². The molecule has 0 aliphatic carbocycles. The summed E-state index contributed by atoms with van der Waals surface area (Å²) in [4.78, 5) is 9.06. The fraction of sp³-hybridized carbons (Fsp3) is 0.312. The predicted octanol–water partition coefficient (Wildman–Crippen LogP) is 3.27. The Balaban J connectivity index is 1.91. The van der Waals surface area contributed by atoms with E-state index in [0.717, 1.165) is 25.2 Å². The van der Waals surface area contributed by atoms with Gasteiger partial charge in [0.1, 0.15) is 0 Å². The van der Waals surface area contributed by atoms with Crippen LogP contribution in [0.25, 0.3) is 10.8 Å². The van der Waals surface area contributed by atoms with Crippen molar-refractivity contribution in [1.29, 1.82) is 0 Å². The van der Waals surface area contributed by atoms with Gasteiger partial charge in [0.2, 0.25) is 0 Å². The Kier molecular flexibility index (Phi) is 3.22. The molecule has 3 heteroatoms. The van der Waals surface area contributed by atoms with Crippen molar-refractivity contribution in [1.82, 2.24) is 4.90 Å². The molecule has 2 aromatic rings. The van der Waals surface area contributed by atoms with Crippen molar-refractivity contribution in [3.8, 4) is 0 Å². The van der Waals surface area contributed by atoms with E-state index in [1.54, 1.807) is 0 Å². The van der Waals surface area contributed by atoms with Gasteiger partial charge in [0.25, 0.3) is 0 Å². The minimum Gasteiger partial charge on any atom is -0.332 e. The van der Waals surface area contributed by atoms with E-state index in [-0.39, 0.29) is 0 Å². The molecule has 0 aromatic heterocycles. The van der Waals surface area contributed by atoms with Gasteiger partial charge in [-0.3, -0.25) is 0 Å². The molecule has 0 amide bonds. The summed E-state index contributed by atoms with van der Waals surface area (Å²) in [6.45, 7) is 2.11. The second kappa shape index (κ2) is 5.02. The number of rotatable bonds is 4. The first-order chi connectivity index (χ1) is 9.25. The van der Waals surface area contributed by atoms with Gasteiger partial charge in [0, 0.05) is 11.9 Å². The van der Waals surface area contributed by atoms with Crippen LogP contribution in [0.2, 0.25) is 0 Å². The highest BCUT2D eigenvalue weighted by Gasteiger charge is 2.14. The maximum atomic E-state index is 4.58. The van der Waals surface area contributed by atoms with Crippen molar-refractivity contribution in [2.45, 2.75) is 6.42 Å². The van der Waals surface area contributed by atoms with Gasteiger partial charge in [-0.05, 0) is 44.6 Å². The fourth-order valence-corrected chi connectivity index (χ4v) is 2.58. The summed E-state index contributed by atoms with van der Waals surface area (Å²) in [6.07, 6.45) is 3.10. The summed E-state index contributed by atoms with van der Waals surface area (Å²) in [5, 5.41) is 2.54. The first-order valence-electron chi connectivity index (χ1n) is 6.73. The summed E-state index contributed by atoms with van der Waals surface area (Å²) in [5.41, 5.74) is 2.36. The SMILES string of the molecule is CN(C)CCCN1C=Nc2cccc3cccc1c23. The van der Waals surface area contributed by atoms with E-state index < -0.39 is 0 Å². The third kappa shape index (κ3) is 2.34. The molecule has 0 bridgehead atoms. The van der Waals surface area contributed by atoms with E-state index >= 15 is 0 Å². The molecule has 0 fully saturated rings. The quantitative estimate of drug-likeness (QED) is 0.832. The molecular formula is C16H19N3. The third-order valence-electron chi connectivity index (χ3n) is 3.51. The normalized spacial score (nSPS) is 13.5. The Bertz CT molecular complexity index is 611. The van der Waals surface area contributed by atoms with Crippen molar-refractivity contribution in [2.75, 3.05) is 32.1 Å². The lowest BCUT2D eigenvalue weighted by Crippen LogP contribution is -2.27. The Labute approximate surface area is 114 Å².